The van der Waals surface area contributed by atoms with E-state index in [0.717, 1.165) is 0 Å². The number of halogens is 1. The van der Waals surface area contributed by atoms with Crippen molar-refractivity contribution in [3.63, 3.8) is 0 Å². The number of hydrogen-bond acceptors (Lipinski definition) is 7. The van der Waals surface area contributed by atoms with Gasteiger partial charge in [-0.3, -0.25) is 15.0 Å². The number of anilines is 2. The summed E-state index contributed by atoms with van der Waals surface area (Å²) in [5.74, 6) is -1.69. The normalized spacial score (nSPS) is 10.5. The number of amides is 2. The molecule has 0 unspecified atom stereocenters. The maximum absolute atomic E-state index is 13.1. The number of nitrogens with two attached hydrogens (primary N) is 1. The van der Waals surface area contributed by atoms with Crippen LogP contribution in [0.2, 0.25) is 5.02 Å². The fraction of sp³-hybridized carbons (Fsp3) is 0.214. The number of nitrogen functional groups attached to an aromatic ring is 1. The monoisotopic (exact) mass is 567 g/mol. The summed E-state index contributed by atoms with van der Waals surface area (Å²) in [6, 6.07) is 16.2. The van der Waals surface area contributed by atoms with Crippen LogP contribution in [-0.2, 0) is 16.1 Å². The first-order valence-corrected chi connectivity index (χ1v) is 12.6. The zero-order valence-corrected chi connectivity index (χ0v) is 22.7. The maximum Gasteiger partial charge on any atom is 0.341 e. The minimum absolute atomic E-state index is 0.0694. The van der Waals surface area contributed by atoms with E-state index >= 15 is 0 Å². The summed E-state index contributed by atoms with van der Waals surface area (Å²) in [7, 11) is 0. The molecule has 0 saturated heterocycles. The van der Waals surface area contributed by atoms with E-state index in [4.69, 9.17) is 37.3 Å². The number of carboxylic acid groups (broad SMARTS) is 1. The number of ether oxygens (including phenoxy) is 2. The molecule has 40 heavy (non-hydrogen) atoms. The molecule has 3 aromatic carbocycles. The van der Waals surface area contributed by atoms with E-state index in [9.17, 15) is 14.4 Å². The maximum atomic E-state index is 13.1. The zero-order chi connectivity index (χ0) is 29.2. The summed E-state index contributed by atoms with van der Waals surface area (Å²) in [6.07, 6.45) is 0. The lowest BCUT2D eigenvalue weighted by Crippen LogP contribution is -2.34. The van der Waals surface area contributed by atoms with Crippen molar-refractivity contribution >= 4 is 46.6 Å². The number of benzene rings is 3. The third kappa shape index (κ3) is 8.63. The van der Waals surface area contributed by atoms with Crippen molar-refractivity contribution in [3.05, 3.63) is 82.4 Å². The van der Waals surface area contributed by atoms with E-state index in [1.165, 1.54) is 6.07 Å². The minimum atomic E-state index is -1.18. The molecular formula is C28H30ClN5O6. The summed E-state index contributed by atoms with van der Waals surface area (Å²) < 4.78 is 11.1. The Hall–Kier alpha value is -4.77. The molecule has 0 radical (unpaired) electrons. The van der Waals surface area contributed by atoms with Crippen LogP contribution in [0.1, 0.15) is 35.3 Å². The Morgan fingerprint density at radius 1 is 1.02 bits per heavy atom. The fourth-order valence-corrected chi connectivity index (χ4v) is 3.77. The Bertz CT molecular complexity index is 1390. The topological polar surface area (TPSA) is 176 Å². The van der Waals surface area contributed by atoms with E-state index in [-0.39, 0.29) is 48.0 Å². The van der Waals surface area contributed by atoms with Crippen molar-refractivity contribution in [2.45, 2.75) is 26.4 Å². The molecule has 2 amide bonds. The lowest BCUT2D eigenvalue weighted by atomic mass is 10.1. The third-order valence-electron chi connectivity index (χ3n) is 5.36. The van der Waals surface area contributed by atoms with E-state index in [1.54, 1.807) is 54.6 Å². The molecule has 12 heteroatoms. The van der Waals surface area contributed by atoms with Gasteiger partial charge in [0.25, 0.3) is 11.8 Å². The van der Waals surface area contributed by atoms with Crippen molar-refractivity contribution in [3.8, 4) is 11.5 Å². The summed E-state index contributed by atoms with van der Waals surface area (Å²) in [6.45, 7) is 2.86. The molecule has 0 aliphatic heterocycles. The molecular weight excluding hydrogens is 538 g/mol. The van der Waals surface area contributed by atoms with Gasteiger partial charge in [-0.15, -0.1) is 0 Å². The van der Waals surface area contributed by atoms with Gasteiger partial charge in [0.05, 0.1) is 5.56 Å². The highest BCUT2D eigenvalue weighted by molar-refractivity contribution is 6.31. The molecule has 0 aromatic heterocycles. The molecule has 3 aromatic rings. The molecule has 0 bridgehead atoms. The SMILES string of the molecule is CC(C)NC(=O)COc1cccc(CNc2ccc(Cl)cc2C(=O)Nc2ccc(C(=N)N)cc2)c1OCC(=O)O. The summed E-state index contributed by atoms with van der Waals surface area (Å²) >= 11 is 6.18. The molecule has 0 spiro atoms. The second-order valence-electron chi connectivity index (χ2n) is 8.93. The van der Waals surface area contributed by atoms with Gasteiger partial charge in [0, 0.05) is 40.1 Å². The first-order valence-electron chi connectivity index (χ1n) is 12.2. The number of aliphatic carboxylic acids is 1. The fourth-order valence-electron chi connectivity index (χ4n) is 3.60. The number of rotatable bonds is 13. The summed E-state index contributed by atoms with van der Waals surface area (Å²) in [5, 5.41) is 25.7. The van der Waals surface area contributed by atoms with Crippen LogP contribution >= 0.6 is 11.6 Å². The molecule has 7 N–H and O–H groups in total. The first kappa shape index (κ1) is 29.8. The van der Waals surface area contributed by atoms with Crippen LogP contribution in [0.5, 0.6) is 11.5 Å². The molecule has 0 atom stereocenters. The van der Waals surface area contributed by atoms with Crippen molar-refractivity contribution in [1.29, 1.82) is 5.41 Å². The third-order valence-corrected chi connectivity index (χ3v) is 5.59. The van der Waals surface area contributed by atoms with Crippen LogP contribution in [0.15, 0.2) is 60.7 Å². The number of carbonyl (C=O) groups is 3. The van der Waals surface area contributed by atoms with Crippen LogP contribution in [-0.4, -0.2) is 48.0 Å². The number of para-hydroxylation sites is 1. The van der Waals surface area contributed by atoms with Gasteiger partial charge < -0.3 is 36.3 Å². The van der Waals surface area contributed by atoms with Crippen LogP contribution in [0.4, 0.5) is 11.4 Å². The van der Waals surface area contributed by atoms with E-state index in [2.05, 4.69) is 16.0 Å². The predicted octanol–water partition coefficient (Wildman–Crippen LogP) is 3.86. The number of amidine groups is 1. The number of carboxylic acids is 1. The van der Waals surface area contributed by atoms with Gasteiger partial charge in [0.15, 0.2) is 24.7 Å². The first-order chi connectivity index (χ1) is 19.0. The molecule has 11 nitrogen and oxygen atoms in total. The van der Waals surface area contributed by atoms with Gasteiger partial charge in [-0.2, -0.15) is 0 Å². The highest BCUT2D eigenvalue weighted by Crippen LogP contribution is 2.33. The van der Waals surface area contributed by atoms with Crippen molar-refractivity contribution in [1.82, 2.24) is 5.32 Å². The second kappa shape index (κ2) is 13.9. The summed E-state index contributed by atoms with van der Waals surface area (Å²) in [4.78, 5) is 36.4. The van der Waals surface area contributed by atoms with E-state index < -0.39 is 18.5 Å². The Morgan fingerprint density at radius 2 is 1.75 bits per heavy atom. The van der Waals surface area contributed by atoms with E-state index in [1.807, 2.05) is 13.8 Å². The van der Waals surface area contributed by atoms with Gasteiger partial charge in [0.2, 0.25) is 0 Å². The largest absolute Gasteiger partial charge is 0.480 e. The lowest BCUT2D eigenvalue weighted by molar-refractivity contribution is -0.139. The zero-order valence-electron chi connectivity index (χ0n) is 21.9. The van der Waals surface area contributed by atoms with E-state index in [0.29, 0.717) is 27.5 Å². The second-order valence-corrected chi connectivity index (χ2v) is 9.36. The highest BCUT2D eigenvalue weighted by Gasteiger charge is 2.17. The average molecular weight is 568 g/mol. The van der Waals surface area contributed by atoms with Crippen LogP contribution in [0.3, 0.4) is 0 Å². The molecule has 3 rings (SSSR count). The molecule has 210 valence electrons. The van der Waals surface area contributed by atoms with Gasteiger partial charge in [0.1, 0.15) is 5.84 Å². The van der Waals surface area contributed by atoms with Gasteiger partial charge in [-0.05, 0) is 62.4 Å². The number of hydrogen-bond donors (Lipinski definition) is 6. The smallest absolute Gasteiger partial charge is 0.341 e. The number of nitrogens with one attached hydrogen (secondary N) is 4. The Balaban J connectivity index is 1.81. The average Bonchev–Trinajstić information content (AvgIpc) is 2.90. The quantitative estimate of drug-likeness (QED) is 0.133. The van der Waals surface area contributed by atoms with Crippen molar-refractivity contribution in [2.75, 3.05) is 23.8 Å². The molecule has 0 heterocycles. The van der Waals surface area contributed by atoms with Gasteiger partial charge in [-0.25, -0.2) is 4.79 Å². The Kier molecular flexibility index (Phi) is 10.3. The predicted molar refractivity (Wildman–Crippen MR) is 153 cm³/mol. The van der Waals surface area contributed by atoms with Crippen molar-refractivity contribution in [2.24, 2.45) is 5.73 Å². The van der Waals surface area contributed by atoms with Crippen LogP contribution < -0.4 is 31.2 Å². The van der Waals surface area contributed by atoms with Gasteiger partial charge in [-0.1, -0.05) is 23.7 Å². The minimum Gasteiger partial charge on any atom is -0.480 e. The van der Waals surface area contributed by atoms with Gasteiger partial charge >= 0.3 is 5.97 Å². The van der Waals surface area contributed by atoms with Crippen molar-refractivity contribution < 1.29 is 29.0 Å². The number of carbonyl (C=O) groups excluding carboxylic acids is 2. The molecule has 0 saturated carbocycles. The highest BCUT2D eigenvalue weighted by atomic mass is 35.5. The Labute approximate surface area is 236 Å². The standard InChI is InChI=1S/C28H30ClN5O6/c1-16(2)33-24(35)14-39-23-5-3-4-18(26(23)40-15-25(36)37)13-32-22-11-8-19(29)12-21(22)28(38)34-20-9-6-17(7-10-20)27(30)31/h3-12,16,32H,13-15H2,1-2H3,(H3,30,31)(H,33,35)(H,34,38)(H,36,37). The molecule has 0 fully saturated rings. The lowest BCUT2D eigenvalue weighted by Gasteiger charge is -2.18. The molecule has 0 aliphatic rings. The van der Waals surface area contributed by atoms with Crippen LogP contribution in [0, 0.1) is 5.41 Å². The van der Waals surface area contributed by atoms with Crippen LogP contribution in [0.25, 0.3) is 0 Å². The summed E-state index contributed by atoms with van der Waals surface area (Å²) in [5.41, 5.74) is 7.75. The molecule has 0 aliphatic carbocycles. The Morgan fingerprint density at radius 3 is 2.40 bits per heavy atom.